The highest BCUT2D eigenvalue weighted by Crippen LogP contribution is 2.32. The first kappa shape index (κ1) is 19.5. The summed E-state index contributed by atoms with van der Waals surface area (Å²) in [7, 11) is 0. The zero-order valence-electron chi connectivity index (χ0n) is 13.5. The predicted octanol–water partition coefficient (Wildman–Crippen LogP) is 6.40. The molecule has 23 heavy (non-hydrogen) atoms. The van der Waals surface area contributed by atoms with Gasteiger partial charge in [-0.3, -0.25) is 4.79 Å². The Labute approximate surface area is 148 Å². The quantitative estimate of drug-likeness (QED) is 0.459. The fourth-order valence-electron chi connectivity index (χ4n) is 1.91. The van der Waals surface area contributed by atoms with Gasteiger partial charge in [0.1, 0.15) is 0 Å². The molecular formula is C19H22Cl2O2. The number of ether oxygens (including phenoxy) is 1. The third-order valence-corrected chi connectivity index (χ3v) is 3.91. The van der Waals surface area contributed by atoms with Gasteiger partial charge in [-0.05, 0) is 18.1 Å². The molecule has 0 unspecified atom stereocenters. The highest BCUT2D eigenvalue weighted by Gasteiger charge is 2.05. The maximum atomic E-state index is 10.2. The Kier molecular flexibility index (Phi) is 9.42. The topological polar surface area (TPSA) is 26.3 Å². The predicted molar refractivity (Wildman–Crippen MR) is 98.1 cm³/mol. The van der Waals surface area contributed by atoms with E-state index in [-0.39, 0.29) is 5.97 Å². The van der Waals surface area contributed by atoms with Gasteiger partial charge in [0, 0.05) is 12.5 Å². The Morgan fingerprint density at radius 2 is 1.70 bits per heavy atom. The van der Waals surface area contributed by atoms with Gasteiger partial charge >= 0.3 is 5.97 Å². The van der Waals surface area contributed by atoms with Crippen LogP contribution in [-0.2, 0) is 9.53 Å². The van der Waals surface area contributed by atoms with E-state index in [0.29, 0.717) is 16.7 Å². The van der Waals surface area contributed by atoms with Crippen molar-refractivity contribution in [2.75, 3.05) is 6.61 Å². The number of halogens is 2. The molecule has 124 valence electrons. The number of carbonyl (C=O) groups excluding carboxylic acids is 1. The van der Waals surface area contributed by atoms with E-state index in [1.165, 1.54) is 13.3 Å². The lowest BCUT2D eigenvalue weighted by Gasteiger charge is -2.04. The van der Waals surface area contributed by atoms with Crippen LogP contribution in [0, 0.1) is 0 Å². The summed E-state index contributed by atoms with van der Waals surface area (Å²) >= 11 is 12.0. The third kappa shape index (κ3) is 7.54. The molecule has 0 radical (unpaired) electrons. The van der Waals surface area contributed by atoms with Gasteiger partial charge in [0.25, 0.3) is 0 Å². The van der Waals surface area contributed by atoms with E-state index in [1.807, 2.05) is 42.5 Å². The van der Waals surface area contributed by atoms with Crippen molar-refractivity contribution in [2.45, 2.75) is 33.1 Å². The van der Waals surface area contributed by atoms with Crippen LogP contribution in [0.2, 0.25) is 10.0 Å². The smallest absolute Gasteiger partial charge is 0.302 e. The van der Waals surface area contributed by atoms with Crippen molar-refractivity contribution < 1.29 is 9.53 Å². The highest BCUT2D eigenvalue weighted by molar-refractivity contribution is 6.43. The summed E-state index contributed by atoms with van der Waals surface area (Å²) in [5.41, 5.74) is 2.06. The summed E-state index contributed by atoms with van der Waals surface area (Å²) in [4.78, 5) is 10.2. The second-order valence-electron chi connectivity index (χ2n) is 5.01. The van der Waals surface area contributed by atoms with Crippen LogP contribution >= 0.6 is 23.2 Å². The van der Waals surface area contributed by atoms with Gasteiger partial charge in [0.05, 0.1) is 16.7 Å². The third-order valence-electron chi connectivity index (χ3n) is 3.09. The average molecular weight is 353 g/mol. The minimum atomic E-state index is -0.175. The Morgan fingerprint density at radius 1 is 1.00 bits per heavy atom. The molecule has 0 aromatic heterocycles. The SMILES string of the molecule is CCCCCOC(C)=O.Clc1cccc(-c2ccccc2)c1Cl. The van der Waals surface area contributed by atoms with Crippen LogP contribution in [0.25, 0.3) is 11.1 Å². The molecule has 0 amide bonds. The van der Waals surface area contributed by atoms with Gasteiger partial charge in [0.15, 0.2) is 0 Å². The monoisotopic (exact) mass is 352 g/mol. The van der Waals surface area contributed by atoms with Crippen molar-refractivity contribution in [2.24, 2.45) is 0 Å². The molecule has 0 atom stereocenters. The number of hydrogen-bond acceptors (Lipinski definition) is 2. The standard InChI is InChI=1S/C12H8Cl2.C7H14O2/c13-11-8-4-7-10(12(11)14)9-5-2-1-3-6-9;1-3-4-5-6-9-7(2)8/h1-8H;3-6H2,1-2H3. The van der Waals surface area contributed by atoms with Gasteiger partial charge in [-0.2, -0.15) is 0 Å². The van der Waals surface area contributed by atoms with Crippen molar-refractivity contribution in [3.63, 3.8) is 0 Å². The molecule has 0 fully saturated rings. The van der Waals surface area contributed by atoms with E-state index in [4.69, 9.17) is 27.9 Å². The van der Waals surface area contributed by atoms with Gasteiger partial charge < -0.3 is 4.74 Å². The lowest BCUT2D eigenvalue weighted by Crippen LogP contribution is -1.99. The summed E-state index contributed by atoms with van der Waals surface area (Å²) < 4.78 is 4.70. The summed E-state index contributed by atoms with van der Waals surface area (Å²) in [5.74, 6) is -0.175. The molecule has 0 N–H and O–H groups in total. The zero-order chi connectivity index (χ0) is 17.1. The first-order chi connectivity index (χ1) is 11.1. The number of hydrogen-bond donors (Lipinski definition) is 0. The van der Waals surface area contributed by atoms with Crippen molar-refractivity contribution in [1.82, 2.24) is 0 Å². The maximum absolute atomic E-state index is 10.2. The average Bonchev–Trinajstić information content (AvgIpc) is 2.55. The molecule has 0 aliphatic heterocycles. The fourth-order valence-corrected chi connectivity index (χ4v) is 2.32. The first-order valence-electron chi connectivity index (χ1n) is 7.69. The lowest BCUT2D eigenvalue weighted by molar-refractivity contribution is -0.141. The summed E-state index contributed by atoms with van der Waals surface area (Å²) in [6, 6.07) is 15.6. The van der Waals surface area contributed by atoms with Gasteiger partial charge in [-0.15, -0.1) is 0 Å². The Hall–Kier alpha value is -1.51. The highest BCUT2D eigenvalue weighted by atomic mass is 35.5. The van der Waals surface area contributed by atoms with Crippen LogP contribution in [-0.4, -0.2) is 12.6 Å². The van der Waals surface area contributed by atoms with Crippen LogP contribution in [0.3, 0.4) is 0 Å². The molecule has 2 rings (SSSR count). The first-order valence-corrected chi connectivity index (χ1v) is 8.44. The molecule has 0 heterocycles. The number of esters is 1. The maximum Gasteiger partial charge on any atom is 0.302 e. The summed E-state index contributed by atoms with van der Waals surface area (Å²) in [6.45, 7) is 4.14. The molecule has 2 nitrogen and oxygen atoms in total. The van der Waals surface area contributed by atoms with E-state index in [0.717, 1.165) is 24.0 Å². The van der Waals surface area contributed by atoms with Gasteiger partial charge in [-0.25, -0.2) is 0 Å². The second kappa shape index (κ2) is 11.1. The summed E-state index contributed by atoms with van der Waals surface area (Å²) in [6.07, 6.45) is 3.31. The van der Waals surface area contributed by atoms with E-state index in [9.17, 15) is 4.79 Å². The Bertz CT molecular complexity index is 598. The Balaban J connectivity index is 0.000000257. The molecular weight excluding hydrogens is 331 g/mol. The van der Waals surface area contributed by atoms with Crippen LogP contribution in [0.15, 0.2) is 48.5 Å². The minimum Gasteiger partial charge on any atom is -0.466 e. The molecule has 0 aliphatic carbocycles. The van der Waals surface area contributed by atoms with Gasteiger partial charge in [-0.1, -0.05) is 85.4 Å². The van der Waals surface area contributed by atoms with Crippen molar-refractivity contribution in [3.8, 4) is 11.1 Å². The van der Waals surface area contributed by atoms with Crippen molar-refractivity contribution >= 4 is 29.2 Å². The number of carbonyl (C=O) groups is 1. The number of unbranched alkanes of at least 4 members (excludes halogenated alkanes) is 2. The van der Waals surface area contributed by atoms with E-state index in [2.05, 4.69) is 6.92 Å². The van der Waals surface area contributed by atoms with Crippen molar-refractivity contribution in [1.29, 1.82) is 0 Å². The van der Waals surface area contributed by atoms with E-state index >= 15 is 0 Å². The molecule has 2 aromatic carbocycles. The zero-order valence-corrected chi connectivity index (χ0v) is 15.0. The molecule has 0 spiro atoms. The van der Waals surface area contributed by atoms with E-state index in [1.54, 1.807) is 6.07 Å². The summed E-state index contributed by atoms with van der Waals surface area (Å²) in [5, 5.41) is 1.20. The van der Waals surface area contributed by atoms with Crippen LogP contribution in [0.4, 0.5) is 0 Å². The molecule has 0 saturated heterocycles. The fraction of sp³-hybridized carbons (Fsp3) is 0.316. The molecule has 0 saturated carbocycles. The second-order valence-corrected chi connectivity index (χ2v) is 5.80. The number of benzene rings is 2. The van der Waals surface area contributed by atoms with Crippen LogP contribution in [0.5, 0.6) is 0 Å². The Morgan fingerprint density at radius 3 is 2.30 bits per heavy atom. The number of rotatable bonds is 5. The molecule has 2 aromatic rings. The van der Waals surface area contributed by atoms with Crippen molar-refractivity contribution in [3.05, 3.63) is 58.6 Å². The van der Waals surface area contributed by atoms with Crippen LogP contribution in [0.1, 0.15) is 33.1 Å². The molecule has 0 aliphatic rings. The van der Waals surface area contributed by atoms with E-state index < -0.39 is 0 Å². The largest absolute Gasteiger partial charge is 0.466 e. The minimum absolute atomic E-state index is 0.175. The van der Waals surface area contributed by atoms with Crippen LogP contribution < -0.4 is 0 Å². The van der Waals surface area contributed by atoms with Gasteiger partial charge in [0.2, 0.25) is 0 Å². The molecule has 0 bridgehead atoms. The normalized spacial score (nSPS) is 9.74. The lowest BCUT2D eigenvalue weighted by atomic mass is 10.1. The molecule has 4 heteroatoms.